The minimum Gasteiger partial charge on any atom is -0.482 e. The molecule has 7 heteroatoms. The number of hydrogen-bond donors (Lipinski definition) is 0. The Bertz CT molecular complexity index is 991. The first-order valence-electron chi connectivity index (χ1n) is 8.29. The monoisotopic (exact) mass is 372 g/mol. The van der Waals surface area contributed by atoms with Crippen LogP contribution in [0, 0.1) is 6.92 Å². The van der Waals surface area contributed by atoms with Gasteiger partial charge >= 0.3 is 5.97 Å². The molecule has 0 saturated heterocycles. The lowest BCUT2D eigenvalue weighted by molar-refractivity contribution is -0.147. The van der Waals surface area contributed by atoms with E-state index in [9.17, 15) is 9.59 Å². The highest BCUT2D eigenvalue weighted by atomic mass is 32.1. The predicted octanol–water partition coefficient (Wildman–Crippen LogP) is 3.31. The summed E-state index contributed by atoms with van der Waals surface area (Å²) in [6.45, 7) is 5.88. The Morgan fingerprint density at radius 1 is 1.31 bits per heavy atom. The number of rotatable bonds is 6. The standard InChI is InChI=1S/C19H20N2O4S/c1-12(2)14-5-4-13(3)16(8-14)24-11-18(23)25-10-15-9-17(22)21-6-7-26-19(21)20-15/h4-9,12H,10-11H2,1-3H3. The van der Waals surface area contributed by atoms with Gasteiger partial charge in [0, 0.05) is 17.6 Å². The van der Waals surface area contributed by atoms with E-state index in [0.717, 1.165) is 11.1 Å². The third-order valence-electron chi connectivity index (χ3n) is 3.96. The number of hydrogen-bond acceptors (Lipinski definition) is 6. The van der Waals surface area contributed by atoms with Gasteiger partial charge in [0.2, 0.25) is 0 Å². The number of carbonyl (C=O) groups is 1. The number of nitrogens with zero attached hydrogens (tertiary/aromatic N) is 2. The Labute approximate surface area is 155 Å². The van der Waals surface area contributed by atoms with E-state index < -0.39 is 5.97 Å². The van der Waals surface area contributed by atoms with Gasteiger partial charge in [-0.1, -0.05) is 26.0 Å². The van der Waals surface area contributed by atoms with Crippen LogP contribution in [0.4, 0.5) is 0 Å². The van der Waals surface area contributed by atoms with Gasteiger partial charge in [-0.05, 0) is 30.0 Å². The van der Waals surface area contributed by atoms with Crippen molar-refractivity contribution in [3.8, 4) is 5.75 Å². The first-order chi connectivity index (χ1) is 12.4. The van der Waals surface area contributed by atoms with Crippen LogP contribution in [0.25, 0.3) is 4.96 Å². The SMILES string of the molecule is Cc1ccc(C(C)C)cc1OCC(=O)OCc1cc(=O)n2ccsc2n1. The Kier molecular flexibility index (Phi) is 5.37. The summed E-state index contributed by atoms with van der Waals surface area (Å²) in [7, 11) is 0. The minimum absolute atomic E-state index is 0.0587. The first-order valence-corrected chi connectivity index (χ1v) is 9.17. The van der Waals surface area contributed by atoms with E-state index in [2.05, 4.69) is 24.9 Å². The molecule has 0 aliphatic heterocycles. The fourth-order valence-electron chi connectivity index (χ4n) is 2.43. The van der Waals surface area contributed by atoms with Crippen molar-refractivity contribution < 1.29 is 14.3 Å². The third kappa shape index (κ3) is 4.11. The molecule has 0 bridgehead atoms. The Hall–Kier alpha value is -2.67. The van der Waals surface area contributed by atoms with Crippen LogP contribution in [0.1, 0.15) is 36.6 Å². The summed E-state index contributed by atoms with van der Waals surface area (Å²) in [6.07, 6.45) is 1.66. The van der Waals surface area contributed by atoms with Crippen molar-refractivity contribution in [3.63, 3.8) is 0 Å². The second kappa shape index (κ2) is 7.70. The molecule has 0 unspecified atom stereocenters. The molecule has 0 aliphatic carbocycles. The number of fused-ring (bicyclic) bond motifs is 1. The molecule has 0 saturated carbocycles. The zero-order valence-corrected chi connectivity index (χ0v) is 15.7. The summed E-state index contributed by atoms with van der Waals surface area (Å²) >= 11 is 1.35. The van der Waals surface area contributed by atoms with E-state index >= 15 is 0 Å². The summed E-state index contributed by atoms with van der Waals surface area (Å²) in [6, 6.07) is 7.34. The lowest BCUT2D eigenvalue weighted by Gasteiger charge is -2.12. The summed E-state index contributed by atoms with van der Waals surface area (Å²) in [5.74, 6) is 0.541. The molecule has 0 fully saturated rings. The number of aryl methyl sites for hydroxylation is 1. The molecule has 3 aromatic rings. The van der Waals surface area contributed by atoms with Crippen LogP contribution in [0.5, 0.6) is 5.75 Å². The van der Waals surface area contributed by atoms with Crippen LogP contribution in [-0.4, -0.2) is 22.0 Å². The van der Waals surface area contributed by atoms with E-state index in [-0.39, 0.29) is 18.8 Å². The largest absolute Gasteiger partial charge is 0.482 e. The van der Waals surface area contributed by atoms with E-state index in [1.165, 1.54) is 21.8 Å². The second-order valence-corrected chi connectivity index (χ2v) is 7.14. The maximum absolute atomic E-state index is 12.0. The van der Waals surface area contributed by atoms with Crippen molar-refractivity contribution >= 4 is 22.3 Å². The number of ether oxygens (including phenoxy) is 2. The smallest absolute Gasteiger partial charge is 0.344 e. The van der Waals surface area contributed by atoms with Gasteiger partial charge in [0.25, 0.3) is 5.56 Å². The molecule has 0 amide bonds. The molecule has 0 atom stereocenters. The summed E-state index contributed by atoms with van der Waals surface area (Å²) in [5.41, 5.74) is 2.33. The first kappa shape index (κ1) is 18.1. The van der Waals surface area contributed by atoms with E-state index in [0.29, 0.717) is 22.3 Å². The van der Waals surface area contributed by atoms with Crippen LogP contribution in [-0.2, 0) is 16.1 Å². The molecular weight excluding hydrogens is 352 g/mol. The maximum atomic E-state index is 12.0. The van der Waals surface area contributed by atoms with Crippen LogP contribution in [0.15, 0.2) is 40.6 Å². The van der Waals surface area contributed by atoms with Crippen molar-refractivity contribution in [1.82, 2.24) is 9.38 Å². The number of benzene rings is 1. The van der Waals surface area contributed by atoms with Gasteiger partial charge in [0.1, 0.15) is 12.4 Å². The van der Waals surface area contributed by atoms with E-state index in [4.69, 9.17) is 9.47 Å². The molecule has 1 aromatic carbocycles. The highest BCUT2D eigenvalue weighted by Gasteiger charge is 2.10. The lowest BCUT2D eigenvalue weighted by atomic mass is 10.0. The van der Waals surface area contributed by atoms with Crippen LogP contribution in [0.3, 0.4) is 0 Å². The van der Waals surface area contributed by atoms with Crippen molar-refractivity contribution in [3.05, 3.63) is 63.0 Å². The number of aromatic nitrogens is 2. The fourth-order valence-corrected chi connectivity index (χ4v) is 3.16. The van der Waals surface area contributed by atoms with Crippen molar-refractivity contribution in [2.24, 2.45) is 0 Å². The van der Waals surface area contributed by atoms with Gasteiger partial charge in [-0.15, -0.1) is 11.3 Å². The molecule has 0 radical (unpaired) electrons. The molecular formula is C19H20N2O4S. The number of thiazole rings is 1. The number of carbonyl (C=O) groups excluding carboxylic acids is 1. The summed E-state index contributed by atoms with van der Waals surface area (Å²) in [4.78, 5) is 28.7. The number of esters is 1. The quantitative estimate of drug-likeness (QED) is 0.621. The molecule has 0 aliphatic rings. The van der Waals surface area contributed by atoms with Crippen molar-refractivity contribution in [2.75, 3.05) is 6.61 Å². The topological polar surface area (TPSA) is 69.9 Å². The molecule has 3 rings (SSSR count). The van der Waals surface area contributed by atoms with Crippen molar-refractivity contribution in [1.29, 1.82) is 0 Å². The van der Waals surface area contributed by atoms with Crippen LogP contribution in [0.2, 0.25) is 0 Å². The minimum atomic E-state index is -0.507. The fraction of sp³-hybridized carbons (Fsp3) is 0.316. The van der Waals surface area contributed by atoms with Gasteiger partial charge in [0.05, 0.1) is 5.69 Å². The van der Waals surface area contributed by atoms with Crippen molar-refractivity contribution in [2.45, 2.75) is 33.3 Å². The molecule has 26 heavy (non-hydrogen) atoms. The Morgan fingerprint density at radius 2 is 2.12 bits per heavy atom. The van der Waals surface area contributed by atoms with E-state index in [1.54, 1.807) is 11.6 Å². The average Bonchev–Trinajstić information content (AvgIpc) is 3.08. The Morgan fingerprint density at radius 3 is 2.88 bits per heavy atom. The van der Waals surface area contributed by atoms with Gasteiger partial charge in [-0.3, -0.25) is 9.20 Å². The molecule has 2 heterocycles. The highest BCUT2D eigenvalue weighted by molar-refractivity contribution is 7.15. The predicted molar refractivity (Wildman–Crippen MR) is 99.9 cm³/mol. The second-order valence-electron chi connectivity index (χ2n) is 6.27. The van der Waals surface area contributed by atoms with Gasteiger partial charge in [0.15, 0.2) is 11.6 Å². The zero-order valence-electron chi connectivity index (χ0n) is 14.9. The van der Waals surface area contributed by atoms with Gasteiger partial charge in [-0.2, -0.15) is 0 Å². The lowest BCUT2D eigenvalue weighted by Crippen LogP contribution is -2.18. The average molecular weight is 372 g/mol. The third-order valence-corrected chi connectivity index (χ3v) is 4.72. The maximum Gasteiger partial charge on any atom is 0.344 e. The Balaban J connectivity index is 1.59. The van der Waals surface area contributed by atoms with Gasteiger partial charge < -0.3 is 9.47 Å². The zero-order chi connectivity index (χ0) is 18.7. The molecule has 2 aromatic heterocycles. The molecule has 0 N–H and O–H groups in total. The van der Waals surface area contributed by atoms with E-state index in [1.807, 2.05) is 19.1 Å². The van der Waals surface area contributed by atoms with Gasteiger partial charge in [-0.25, -0.2) is 9.78 Å². The highest BCUT2D eigenvalue weighted by Crippen LogP contribution is 2.24. The summed E-state index contributed by atoms with van der Waals surface area (Å²) < 4.78 is 12.2. The van der Waals surface area contributed by atoms with Crippen LogP contribution < -0.4 is 10.3 Å². The van der Waals surface area contributed by atoms with Crippen LogP contribution >= 0.6 is 11.3 Å². The molecule has 0 spiro atoms. The molecule has 6 nitrogen and oxygen atoms in total. The molecule has 136 valence electrons. The normalized spacial score (nSPS) is 11.1. The summed E-state index contributed by atoms with van der Waals surface area (Å²) in [5, 5.41) is 1.78.